The van der Waals surface area contributed by atoms with Crippen LogP contribution in [-0.2, 0) is 14.3 Å². The van der Waals surface area contributed by atoms with Crippen LogP contribution in [0.2, 0.25) is 0 Å². The normalized spacial score (nSPS) is 22.1. The number of carboxylic acid groups (broad SMARTS) is 1. The van der Waals surface area contributed by atoms with Crippen molar-refractivity contribution >= 4 is 18.0 Å². The molecule has 1 aliphatic heterocycles. The Morgan fingerprint density at radius 1 is 1.03 bits per heavy atom. The summed E-state index contributed by atoms with van der Waals surface area (Å²) in [5, 5.41) is 12.7. The van der Waals surface area contributed by atoms with E-state index in [0.717, 1.165) is 11.1 Å². The summed E-state index contributed by atoms with van der Waals surface area (Å²) >= 11 is 0. The number of carboxylic acids is 1. The van der Waals surface area contributed by atoms with Gasteiger partial charge in [-0.3, -0.25) is 4.79 Å². The van der Waals surface area contributed by atoms with Crippen LogP contribution in [0.3, 0.4) is 0 Å². The van der Waals surface area contributed by atoms with Crippen molar-refractivity contribution in [3.05, 3.63) is 59.7 Å². The Balaban J connectivity index is 1.22. The van der Waals surface area contributed by atoms with Gasteiger partial charge in [-0.05, 0) is 54.4 Å². The maximum atomic E-state index is 13.1. The van der Waals surface area contributed by atoms with Crippen LogP contribution in [0.25, 0.3) is 11.1 Å². The Morgan fingerprint density at radius 3 is 2.21 bits per heavy atom. The topological polar surface area (TPSA) is 95.9 Å². The monoisotopic (exact) mass is 462 g/mol. The van der Waals surface area contributed by atoms with Crippen molar-refractivity contribution in [3.8, 4) is 11.1 Å². The van der Waals surface area contributed by atoms with Crippen LogP contribution in [0.1, 0.15) is 62.5 Å². The molecule has 1 atom stereocenters. The predicted molar refractivity (Wildman–Crippen MR) is 126 cm³/mol. The molecule has 1 saturated heterocycles. The number of carbonyl (C=O) groups excluding carboxylic acids is 2. The fraction of sp³-hybridized carbons (Fsp3) is 0.444. The SMILES string of the molecule is CCC1(C(=O)O)CCCN1C(=O)CC1(NC(=O)OCC2c3ccccc3-c3ccccc32)CC1. The molecule has 34 heavy (non-hydrogen) atoms. The van der Waals surface area contributed by atoms with Crippen LogP contribution in [-0.4, -0.2) is 52.2 Å². The molecule has 2 fully saturated rings. The molecule has 2 amide bonds. The number of rotatable bonds is 7. The Kier molecular flexibility index (Phi) is 5.58. The van der Waals surface area contributed by atoms with Gasteiger partial charge in [-0.15, -0.1) is 0 Å². The molecule has 178 valence electrons. The molecule has 2 aromatic carbocycles. The second kappa shape index (κ2) is 8.46. The molecule has 0 radical (unpaired) electrons. The number of alkyl carbamates (subject to hydrolysis) is 1. The third-order valence-electron chi connectivity index (χ3n) is 7.83. The average Bonchev–Trinajstić information content (AvgIpc) is 3.30. The number of nitrogens with zero attached hydrogens (tertiary/aromatic N) is 1. The standard InChI is InChI=1S/C27H30N2O5/c1-2-27(24(31)32)12-7-15-29(27)23(30)16-26(13-14-26)28-25(33)34-17-22-20-10-5-3-8-18(20)19-9-4-6-11-21(19)22/h3-6,8-11,22H,2,7,12-17H2,1H3,(H,28,33)(H,31,32). The van der Waals surface area contributed by atoms with Gasteiger partial charge in [0.1, 0.15) is 12.1 Å². The van der Waals surface area contributed by atoms with E-state index in [4.69, 9.17) is 4.74 Å². The number of amides is 2. The fourth-order valence-corrected chi connectivity index (χ4v) is 5.72. The van der Waals surface area contributed by atoms with Gasteiger partial charge in [-0.1, -0.05) is 55.5 Å². The molecular weight excluding hydrogens is 432 g/mol. The van der Waals surface area contributed by atoms with E-state index in [1.54, 1.807) is 0 Å². The van der Waals surface area contributed by atoms with Gasteiger partial charge in [0, 0.05) is 12.5 Å². The van der Waals surface area contributed by atoms with E-state index in [9.17, 15) is 19.5 Å². The van der Waals surface area contributed by atoms with Gasteiger partial charge in [-0.25, -0.2) is 9.59 Å². The van der Waals surface area contributed by atoms with Gasteiger partial charge in [0.05, 0.1) is 12.0 Å². The molecule has 2 N–H and O–H groups in total. The van der Waals surface area contributed by atoms with Gasteiger partial charge in [0.2, 0.25) is 5.91 Å². The highest BCUT2D eigenvalue weighted by Crippen LogP contribution is 2.45. The first-order valence-corrected chi connectivity index (χ1v) is 12.1. The van der Waals surface area contributed by atoms with Crippen molar-refractivity contribution in [3.63, 3.8) is 0 Å². The molecule has 7 nitrogen and oxygen atoms in total. The maximum Gasteiger partial charge on any atom is 0.407 e. The van der Waals surface area contributed by atoms with Crippen LogP contribution in [0.4, 0.5) is 4.79 Å². The molecule has 2 aromatic rings. The molecule has 0 spiro atoms. The van der Waals surface area contributed by atoms with Crippen molar-refractivity contribution in [1.82, 2.24) is 10.2 Å². The van der Waals surface area contributed by atoms with E-state index in [0.29, 0.717) is 38.6 Å². The van der Waals surface area contributed by atoms with Crippen molar-refractivity contribution in [1.29, 1.82) is 0 Å². The van der Waals surface area contributed by atoms with Crippen molar-refractivity contribution in [2.45, 2.75) is 62.4 Å². The summed E-state index contributed by atoms with van der Waals surface area (Å²) in [5.74, 6) is -1.19. The zero-order chi connectivity index (χ0) is 23.9. The highest BCUT2D eigenvalue weighted by Gasteiger charge is 2.52. The van der Waals surface area contributed by atoms with Crippen molar-refractivity contribution in [2.75, 3.05) is 13.2 Å². The third kappa shape index (κ3) is 3.73. The molecule has 0 bridgehead atoms. The summed E-state index contributed by atoms with van der Waals surface area (Å²) in [4.78, 5) is 39.2. The van der Waals surface area contributed by atoms with Crippen LogP contribution < -0.4 is 5.32 Å². The van der Waals surface area contributed by atoms with Gasteiger partial charge in [0.15, 0.2) is 0 Å². The lowest BCUT2D eigenvalue weighted by Crippen LogP contribution is -2.54. The van der Waals surface area contributed by atoms with E-state index in [1.165, 1.54) is 16.0 Å². The first-order valence-electron chi connectivity index (χ1n) is 12.1. The lowest BCUT2D eigenvalue weighted by atomic mass is 9.92. The smallest absolute Gasteiger partial charge is 0.407 e. The number of nitrogens with one attached hydrogen (secondary N) is 1. The number of hydrogen-bond acceptors (Lipinski definition) is 4. The number of likely N-dealkylation sites (tertiary alicyclic amines) is 1. The zero-order valence-corrected chi connectivity index (χ0v) is 19.4. The Labute approximate surface area is 199 Å². The average molecular weight is 463 g/mol. The summed E-state index contributed by atoms with van der Waals surface area (Å²) in [7, 11) is 0. The minimum Gasteiger partial charge on any atom is -0.479 e. The largest absolute Gasteiger partial charge is 0.479 e. The van der Waals surface area contributed by atoms with E-state index in [1.807, 2.05) is 31.2 Å². The zero-order valence-electron chi connectivity index (χ0n) is 19.4. The Hall–Kier alpha value is -3.35. The van der Waals surface area contributed by atoms with Crippen LogP contribution in [0, 0.1) is 0 Å². The van der Waals surface area contributed by atoms with E-state index in [2.05, 4.69) is 29.6 Å². The summed E-state index contributed by atoms with van der Waals surface area (Å²) in [6, 6.07) is 16.3. The van der Waals surface area contributed by atoms with Crippen LogP contribution >= 0.6 is 0 Å². The van der Waals surface area contributed by atoms with Gasteiger partial charge >= 0.3 is 12.1 Å². The van der Waals surface area contributed by atoms with Crippen molar-refractivity contribution in [2.24, 2.45) is 0 Å². The summed E-state index contributed by atoms with van der Waals surface area (Å²) in [6.07, 6.45) is 2.46. The predicted octanol–water partition coefficient (Wildman–Crippen LogP) is 4.30. The first-order chi connectivity index (χ1) is 16.4. The van der Waals surface area contributed by atoms with Gasteiger partial charge in [-0.2, -0.15) is 0 Å². The minimum atomic E-state index is -1.13. The van der Waals surface area contributed by atoms with E-state index < -0.39 is 23.1 Å². The molecule has 1 unspecified atom stereocenters. The number of ether oxygens (including phenoxy) is 1. The molecule has 0 aromatic heterocycles. The lowest BCUT2D eigenvalue weighted by Gasteiger charge is -2.35. The lowest BCUT2D eigenvalue weighted by molar-refractivity contribution is -0.157. The fourth-order valence-electron chi connectivity index (χ4n) is 5.72. The van der Waals surface area contributed by atoms with E-state index in [-0.39, 0.29) is 24.9 Å². The number of fused-ring (bicyclic) bond motifs is 3. The summed E-state index contributed by atoms with van der Waals surface area (Å²) < 4.78 is 5.65. The molecular formula is C27H30N2O5. The second-order valence-corrected chi connectivity index (χ2v) is 9.75. The Bertz CT molecular complexity index is 1100. The quantitative estimate of drug-likeness (QED) is 0.640. The van der Waals surface area contributed by atoms with Gasteiger partial charge < -0.3 is 20.1 Å². The summed E-state index contributed by atoms with van der Waals surface area (Å²) in [6.45, 7) is 2.47. The first kappa shape index (κ1) is 22.4. The number of aliphatic carboxylic acids is 1. The molecule has 7 heteroatoms. The molecule has 1 saturated carbocycles. The number of benzene rings is 2. The number of carbonyl (C=O) groups is 3. The van der Waals surface area contributed by atoms with E-state index >= 15 is 0 Å². The molecule has 3 aliphatic rings. The van der Waals surface area contributed by atoms with Crippen LogP contribution in [0.5, 0.6) is 0 Å². The minimum absolute atomic E-state index is 0.0275. The van der Waals surface area contributed by atoms with Gasteiger partial charge in [0.25, 0.3) is 0 Å². The van der Waals surface area contributed by atoms with Crippen LogP contribution in [0.15, 0.2) is 48.5 Å². The molecule has 2 aliphatic carbocycles. The maximum absolute atomic E-state index is 13.1. The summed E-state index contributed by atoms with van der Waals surface area (Å²) in [5.41, 5.74) is 2.86. The number of hydrogen-bond donors (Lipinski definition) is 2. The van der Waals surface area contributed by atoms with Crippen molar-refractivity contribution < 1.29 is 24.2 Å². The molecule has 5 rings (SSSR count). The third-order valence-corrected chi connectivity index (χ3v) is 7.83. The highest BCUT2D eigenvalue weighted by molar-refractivity contribution is 5.89. The Morgan fingerprint density at radius 2 is 1.65 bits per heavy atom. The highest BCUT2D eigenvalue weighted by atomic mass is 16.5. The second-order valence-electron chi connectivity index (χ2n) is 9.75. The molecule has 1 heterocycles.